The molecule has 2 aliphatic heterocycles. The molecule has 4 nitrogen and oxygen atoms in total. The summed E-state index contributed by atoms with van der Waals surface area (Å²) in [4.78, 5) is 6.72. The molecule has 148 valence electrons. The van der Waals surface area contributed by atoms with Crippen LogP contribution >= 0.6 is 0 Å². The van der Waals surface area contributed by atoms with Crippen molar-refractivity contribution in [2.24, 2.45) is 0 Å². The van der Waals surface area contributed by atoms with Gasteiger partial charge in [-0.15, -0.1) is 0 Å². The second-order valence-electron chi connectivity index (χ2n) is 7.92. The standard InChI is InChI=1S/C25H26N2O2/c1-18-15-19(4-6-22(18)20-8-10-26-11-9-20)17-27-12-2-3-23(27)21-5-7-24-25(16-21)29-14-13-28-24/h4-11,15-16,23H,2-3,12-14,17H2,1H3. The molecular formula is C25H26N2O2. The molecule has 5 rings (SSSR count). The topological polar surface area (TPSA) is 34.6 Å². The van der Waals surface area contributed by atoms with Crippen molar-refractivity contribution in [3.8, 4) is 22.6 Å². The zero-order chi connectivity index (χ0) is 19.6. The van der Waals surface area contributed by atoms with Gasteiger partial charge in [0.15, 0.2) is 11.5 Å². The van der Waals surface area contributed by atoms with E-state index >= 15 is 0 Å². The summed E-state index contributed by atoms with van der Waals surface area (Å²) in [7, 11) is 0. The maximum Gasteiger partial charge on any atom is 0.161 e. The number of rotatable bonds is 4. The van der Waals surface area contributed by atoms with Crippen LogP contribution in [0, 0.1) is 6.92 Å². The van der Waals surface area contributed by atoms with E-state index in [2.05, 4.69) is 65.3 Å². The number of ether oxygens (including phenoxy) is 2. The van der Waals surface area contributed by atoms with Crippen LogP contribution in [0.15, 0.2) is 60.9 Å². The van der Waals surface area contributed by atoms with Gasteiger partial charge in [0, 0.05) is 25.0 Å². The number of nitrogens with zero attached hydrogens (tertiary/aromatic N) is 2. The number of aromatic nitrogens is 1. The van der Waals surface area contributed by atoms with Crippen molar-refractivity contribution < 1.29 is 9.47 Å². The Morgan fingerprint density at radius 3 is 2.62 bits per heavy atom. The van der Waals surface area contributed by atoms with Gasteiger partial charge in [0.1, 0.15) is 13.2 Å². The third kappa shape index (κ3) is 3.73. The van der Waals surface area contributed by atoms with E-state index in [1.54, 1.807) is 0 Å². The van der Waals surface area contributed by atoms with Gasteiger partial charge in [-0.3, -0.25) is 9.88 Å². The normalized spacial score (nSPS) is 18.7. The Kier molecular flexibility index (Phi) is 4.94. The molecular weight excluding hydrogens is 360 g/mol. The molecule has 2 aliphatic rings. The highest BCUT2D eigenvalue weighted by atomic mass is 16.6. The number of hydrogen-bond donors (Lipinski definition) is 0. The number of benzene rings is 2. The molecule has 0 spiro atoms. The Labute approximate surface area is 172 Å². The van der Waals surface area contributed by atoms with Crippen LogP contribution in [0.25, 0.3) is 11.1 Å². The van der Waals surface area contributed by atoms with E-state index in [1.165, 1.54) is 40.7 Å². The lowest BCUT2D eigenvalue weighted by molar-refractivity contribution is 0.170. The predicted octanol–water partition coefficient (Wildman–Crippen LogP) is 5.17. The second kappa shape index (κ2) is 7.88. The number of pyridine rings is 1. The van der Waals surface area contributed by atoms with E-state index in [1.807, 2.05) is 12.4 Å². The number of aryl methyl sites for hydroxylation is 1. The first-order valence-electron chi connectivity index (χ1n) is 10.4. The van der Waals surface area contributed by atoms with Crippen molar-refractivity contribution in [1.29, 1.82) is 0 Å². The van der Waals surface area contributed by atoms with Crippen LogP contribution in [0.5, 0.6) is 11.5 Å². The minimum absolute atomic E-state index is 0.436. The SMILES string of the molecule is Cc1cc(CN2CCCC2c2ccc3c(c2)OCCO3)ccc1-c1ccncc1. The van der Waals surface area contributed by atoms with Crippen LogP contribution in [-0.2, 0) is 6.54 Å². The van der Waals surface area contributed by atoms with Gasteiger partial charge in [0.05, 0.1) is 0 Å². The Bertz CT molecular complexity index is 1000. The van der Waals surface area contributed by atoms with Crippen LogP contribution in [0.3, 0.4) is 0 Å². The number of fused-ring (bicyclic) bond motifs is 1. The largest absolute Gasteiger partial charge is 0.486 e. The van der Waals surface area contributed by atoms with E-state index in [0.717, 1.165) is 24.6 Å². The van der Waals surface area contributed by atoms with Gasteiger partial charge < -0.3 is 9.47 Å². The molecule has 0 bridgehead atoms. The van der Waals surface area contributed by atoms with Crippen LogP contribution in [0.2, 0.25) is 0 Å². The molecule has 2 aromatic carbocycles. The van der Waals surface area contributed by atoms with Crippen LogP contribution in [0.1, 0.15) is 35.6 Å². The number of hydrogen-bond acceptors (Lipinski definition) is 4. The average Bonchev–Trinajstić information content (AvgIpc) is 3.22. The molecule has 0 radical (unpaired) electrons. The molecule has 1 unspecified atom stereocenters. The third-order valence-electron chi connectivity index (χ3n) is 5.98. The zero-order valence-electron chi connectivity index (χ0n) is 16.8. The monoisotopic (exact) mass is 386 g/mol. The quantitative estimate of drug-likeness (QED) is 0.620. The molecule has 0 saturated carbocycles. The first-order valence-corrected chi connectivity index (χ1v) is 10.4. The Morgan fingerprint density at radius 1 is 0.966 bits per heavy atom. The van der Waals surface area contributed by atoms with Gasteiger partial charge in [0.25, 0.3) is 0 Å². The molecule has 0 aliphatic carbocycles. The second-order valence-corrected chi connectivity index (χ2v) is 7.92. The molecule has 1 atom stereocenters. The minimum Gasteiger partial charge on any atom is -0.486 e. The summed E-state index contributed by atoms with van der Waals surface area (Å²) in [5, 5.41) is 0. The highest BCUT2D eigenvalue weighted by Gasteiger charge is 2.27. The zero-order valence-corrected chi connectivity index (χ0v) is 16.8. The minimum atomic E-state index is 0.436. The first-order chi connectivity index (χ1) is 14.3. The Balaban J connectivity index is 1.35. The third-order valence-corrected chi connectivity index (χ3v) is 5.98. The highest BCUT2D eigenvalue weighted by Crippen LogP contribution is 2.38. The molecule has 0 N–H and O–H groups in total. The highest BCUT2D eigenvalue weighted by molar-refractivity contribution is 5.67. The summed E-state index contributed by atoms with van der Waals surface area (Å²) < 4.78 is 11.5. The Hall–Kier alpha value is -2.85. The fourth-order valence-corrected chi connectivity index (χ4v) is 4.57. The number of likely N-dealkylation sites (tertiary alicyclic amines) is 1. The summed E-state index contributed by atoms with van der Waals surface area (Å²) >= 11 is 0. The molecule has 1 aromatic heterocycles. The van der Waals surface area contributed by atoms with Gasteiger partial charge in [0.2, 0.25) is 0 Å². The van der Waals surface area contributed by atoms with Crippen molar-refractivity contribution >= 4 is 0 Å². The van der Waals surface area contributed by atoms with Crippen LogP contribution < -0.4 is 9.47 Å². The molecule has 1 saturated heterocycles. The van der Waals surface area contributed by atoms with E-state index in [-0.39, 0.29) is 0 Å². The molecule has 1 fully saturated rings. The van der Waals surface area contributed by atoms with E-state index in [4.69, 9.17) is 9.47 Å². The summed E-state index contributed by atoms with van der Waals surface area (Å²) in [5.74, 6) is 1.75. The summed E-state index contributed by atoms with van der Waals surface area (Å²) in [6.07, 6.45) is 6.12. The van der Waals surface area contributed by atoms with Gasteiger partial charge in [-0.1, -0.05) is 24.3 Å². The Morgan fingerprint density at radius 2 is 1.79 bits per heavy atom. The lowest BCUT2D eigenvalue weighted by Gasteiger charge is -2.27. The maximum absolute atomic E-state index is 5.80. The van der Waals surface area contributed by atoms with Crippen molar-refractivity contribution in [3.63, 3.8) is 0 Å². The van der Waals surface area contributed by atoms with Gasteiger partial charge in [-0.05, 0) is 78.4 Å². The summed E-state index contributed by atoms with van der Waals surface area (Å²) in [6, 6.07) is 17.9. The summed E-state index contributed by atoms with van der Waals surface area (Å²) in [6.45, 7) is 5.56. The van der Waals surface area contributed by atoms with Crippen molar-refractivity contribution in [2.75, 3.05) is 19.8 Å². The fraction of sp³-hybridized carbons (Fsp3) is 0.320. The smallest absolute Gasteiger partial charge is 0.161 e. The van der Waals surface area contributed by atoms with E-state index in [9.17, 15) is 0 Å². The molecule has 29 heavy (non-hydrogen) atoms. The maximum atomic E-state index is 5.80. The lowest BCUT2D eigenvalue weighted by atomic mass is 9.98. The van der Waals surface area contributed by atoms with Gasteiger partial charge in [-0.25, -0.2) is 0 Å². The van der Waals surface area contributed by atoms with Crippen molar-refractivity contribution in [1.82, 2.24) is 9.88 Å². The van der Waals surface area contributed by atoms with Crippen molar-refractivity contribution in [2.45, 2.75) is 32.4 Å². The first kappa shape index (κ1) is 18.2. The van der Waals surface area contributed by atoms with E-state index in [0.29, 0.717) is 19.3 Å². The summed E-state index contributed by atoms with van der Waals surface area (Å²) in [5.41, 5.74) is 6.51. The van der Waals surface area contributed by atoms with Crippen LogP contribution in [-0.4, -0.2) is 29.6 Å². The van der Waals surface area contributed by atoms with Gasteiger partial charge in [-0.2, -0.15) is 0 Å². The molecule has 3 heterocycles. The van der Waals surface area contributed by atoms with E-state index < -0.39 is 0 Å². The van der Waals surface area contributed by atoms with Crippen molar-refractivity contribution in [3.05, 3.63) is 77.6 Å². The average molecular weight is 386 g/mol. The molecule has 0 amide bonds. The fourth-order valence-electron chi connectivity index (χ4n) is 4.57. The lowest BCUT2D eigenvalue weighted by Crippen LogP contribution is -2.23. The predicted molar refractivity (Wildman–Crippen MR) is 114 cm³/mol. The molecule has 3 aromatic rings. The van der Waals surface area contributed by atoms with Gasteiger partial charge >= 0.3 is 0 Å². The van der Waals surface area contributed by atoms with Crippen LogP contribution in [0.4, 0.5) is 0 Å². The molecule has 4 heteroatoms.